The van der Waals surface area contributed by atoms with Gasteiger partial charge in [-0.05, 0) is 47.2 Å². The minimum absolute atomic E-state index is 0.949. The van der Waals surface area contributed by atoms with Gasteiger partial charge in [0.25, 0.3) is 0 Å². The Labute approximate surface area is 188 Å². The van der Waals surface area contributed by atoms with Crippen LogP contribution in [0.1, 0.15) is 56.1 Å². The highest BCUT2D eigenvalue weighted by Crippen LogP contribution is 2.27. The average Bonchev–Trinajstić information content (AvgIpc) is 2.83. The van der Waals surface area contributed by atoms with Gasteiger partial charge in [0, 0.05) is 26.2 Å². The van der Waals surface area contributed by atoms with Crippen LogP contribution in [0.5, 0.6) is 0 Å². The maximum Gasteiger partial charge on any atom is 0.0240 e. The van der Waals surface area contributed by atoms with Gasteiger partial charge >= 0.3 is 0 Å². The van der Waals surface area contributed by atoms with Gasteiger partial charge in [0.15, 0.2) is 0 Å². The zero-order valence-corrected chi connectivity index (χ0v) is 18.9. The molecule has 3 aromatic carbocycles. The van der Waals surface area contributed by atoms with Gasteiger partial charge in [-0.2, -0.15) is 0 Å². The van der Waals surface area contributed by atoms with E-state index in [4.69, 9.17) is 0 Å². The summed E-state index contributed by atoms with van der Waals surface area (Å²) in [6.45, 7) is 5.32. The van der Waals surface area contributed by atoms with E-state index in [0.717, 1.165) is 32.1 Å². The molecule has 1 saturated carbocycles. The normalized spacial score (nSPS) is 15.0. The molecule has 4 rings (SSSR count). The van der Waals surface area contributed by atoms with Crippen molar-refractivity contribution < 1.29 is 0 Å². The number of benzene rings is 3. The van der Waals surface area contributed by atoms with E-state index in [9.17, 15) is 0 Å². The molecule has 0 atom stereocenters. The van der Waals surface area contributed by atoms with Gasteiger partial charge in [-0.25, -0.2) is 0 Å². The summed E-state index contributed by atoms with van der Waals surface area (Å²) in [5.41, 5.74) is 2.82. The molecule has 0 amide bonds. The van der Waals surface area contributed by atoms with Gasteiger partial charge in [-0.15, -0.1) is 0 Å². The molecule has 31 heavy (non-hydrogen) atoms. The molecular weight excluding hydrogens is 376 g/mol. The van der Waals surface area contributed by atoms with Gasteiger partial charge in [-0.3, -0.25) is 4.90 Å². The van der Waals surface area contributed by atoms with E-state index in [-0.39, 0.29) is 0 Å². The van der Waals surface area contributed by atoms with Crippen LogP contribution in [0.3, 0.4) is 0 Å². The maximum atomic E-state index is 3.65. The first kappa shape index (κ1) is 22.0. The highest BCUT2D eigenvalue weighted by atomic mass is 15.1. The third kappa shape index (κ3) is 6.92. The Hall–Kier alpha value is -2.16. The van der Waals surface area contributed by atoms with Crippen LogP contribution in [0.2, 0.25) is 0 Å². The Morgan fingerprint density at radius 1 is 0.774 bits per heavy atom. The SMILES string of the molecule is c1ccc(CNCCN(CCCC2CCCCC2)Cc2cccc3ccccc23)cc1. The fourth-order valence-corrected chi connectivity index (χ4v) is 5.09. The van der Waals surface area contributed by atoms with Gasteiger partial charge in [0.05, 0.1) is 0 Å². The Morgan fingerprint density at radius 2 is 1.55 bits per heavy atom. The second-order valence-electron chi connectivity index (χ2n) is 9.22. The van der Waals surface area contributed by atoms with Gasteiger partial charge in [-0.1, -0.05) is 105 Å². The molecule has 3 aromatic rings. The van der Waals surface area contributed by atoms with Crippen molar-refractivity contribution in [1.82, 2.24) is 10.2 Å². The highest BCUT2D eigenvalue weighted by Gasteiger charge is 2.14. The Morgan fingerprint density at radius 3 is 2.42 bits per heavy atom. The number of hydrogen-bond donors (Lipinski definition) is 1. The summed E-state index contributed by atoms with van der Waals surface area (Å²) in [6, 6.07) is 26.3. The summed E-state index contributed by atoms with van der Waals surface area (Å²) in [4.78, 5) is 2.67. The molecule has 0 saturated heterocycles. The van der Waals surface area contributed by atoms with Gasteiger partial charge in [0.1, 0.15) is 0 Å². The van der Waals surface area contributed by atoms with E-state index in [2.05, 4.69) is 83.0 Å². The number of hydrogen-bond acceptors (Lipinski definition) is 2. The molecule has 1 aliphatic carbocycles. The molecule has 164 valence electrons. The van der Waals surface area contributed by atoms with Crippen molar-refractivity contribution in [3.8, 4) is 0 Å². The number of rotatable bonds is 11. The largest absolute Gasteiger partial charge is 0.311 e. The van der Waals surface area contributed by atoms with Crippen LogP contribution >= 0.6 is 0 Å². The zero-order chi connectivity index (χ0) is 21.1. The van der Waals surface area contributed by atoms with Crippen LogP contribution < -0.4 is 5.32 Å². The minimum Gasteiger partial charge on any atom is -0.311 e. The predicted octanol–water partition coefficient (Wildman–Crippen LogP) is 6.79. The molecule has 0 radical (unpaired) electrons. The van der Waals surface area contributed by atoms with Crippen molar-refractivity contribution in [2.45, 2.75) is 58.0 Å². The highest BCUT2D eigenvalue weighted by molar-refractivity contribution is 5.85. The first-order valence-electron chi connectivity index (χ1n) is 12.3. The number of nitrogens with zero attached hydrogens (tertiary/aromatic N) is 1. The summed E-state index contributed by atoms with van der Waals surface area (Å²) in [5.74, 6) is 0.976. The standard InChI is InChI=1S/C29H38N2/c1-3-11-25(12-4-1)15-10-21-31(22-20-30-23-26-13-5-2-6-14-26)24-28-18-9-17-27-16-7-8-19-29(27)28/h2,5-9,13-14,16-19,25,30H,1,3-4,10-12,15,20-24H2. The van der Waals surface area contributed by atoms with Crippen molar-refractivity contribution in [2.75, 3.05) is 19.6 Å². The summed E-state index contributed by atoms with van der Waals surface area (Å²) >= 11 is 0. The summed E-state index contributed by atoms with van der Waals surface area (Å²) in [7, 11) is 0. The lowest BCUT2D eigenvalue weighted by atomic mass is 9.86. The summed E-state index contributed by atoms with van der Waals surface area (Å²) in [5, 5.41) is 6.41. The second kappa shape index (κ2) is 12.0. The lowest BCUT2D eigenvalue weighted by molar-refractivity contribution is 0.242. The minimum atomic E-state index is 0.949. The number of fused-ring (bicyclic) bond motifs is 1. The topological polar surface area (TPSA) is 15.3 Å². The quantitative estimate of drug-likeness (QED) is 0.347. The smallest absolute Gasteiger partial charge is 0.0240 e. The molecular formula is C29H38N2. The number of nitrogens with one attached hydrogen (secondary N) is 1. The molecule has 0 spiro atoms. The van der Waals surface area contributed by atoms with E-state index in [1.54, 1.807) is 0 Å². The third-order valence-electron chi connectivity index (χ3n) is 6.86. The lowest BCUT2D eigenvalue weighted by Crippen LogP contribution is -2.32. The molecule has 0 heterocycles. The lowest BCUT2D eigenvalue weighted by Gasteiger charge is -2.26. The molecule has 1 aliphatic rings. The van der Waals surface area contributed by atoms with E-state index in [1.165, 1.54) is 73.4 Å². The van der Waals surface area contributed by atoms with Crippen molar-refractivity contribution in [1.29, 1.82) is 0 Å². The molecule has 1 N–H and O–H groups in total. The van der Waals surface area contributed by atoms with E-state index < -0.39 is 0 Å². The molecule has 0 aliphatic heterocycles. The molecule has 0 aromatic heterocycles. The predicted molar refractivity (Wildman–Crippen MR) is 133 cm³/mol. The Balaban J connectivity index is 1.34. The van der Waals surface area contributed by atoms with Crippen LogP contribution in [0.25, 0.3) is 10.8 Å². The van der Waals surface area contributed by atoms with E-state index >= 15 is 0 Å². The monoisotopic (exact) mass is 414 g/mol. The van der Waals surface area contributed by atoms with Gasteiger partial charge < -0.3 is 5.32 Å². The summed E-state index contributed by atoms with van der Waals surface area (Å²) < 4.78 is 0. The molecule has 0 bridgehead atoms. The second-order valence-corrected chi connectivity index (χ2v) is 9.22. The molecule has 2 heteroatoms. The summed E-state index contributed by atoms with van der Waals surface area (Å²) in [6.07, 6.45) is 10.0. The van der Waals surface area contributed by atoms with Crippen LogP contribution in [0, 0.1) is 5.92 Å². The van der Waals surface area contributed by atoms with Crippen LogP contribution in [0.15, 0.2) is 72.8 Å². The van der Waals surface area contributed by atoms with E-state index in [0.29, 0.717) is 0 Å². The van der Waals surface area contributed by atoms with Crippen molar-refractivity contribution in [3.05, 3.63) is 83.9 Å². The zero-order valence-electron chi connectivity index (χ0n) is 18.9. The first-order valence-corrected chi connectivity index (χ1v) is 12.3. The maximum absolute atomic E-state index is 3.65. The molecule has 0 unspecified atom stereocenters. The van der Waals surface area contributed by atoms with Crippen LogP contribution in [0.4, 0.5) is 0 Å². The van der Waals surface area contributed by atoms with Crippen molar-refractivity contribution in [2.24, 2.45) is 5.92 Å². The van der Waals surface area contributed by atoms with Crippen molar-refractivity contribution in [3.63, 3.8) is 0 Å². The third-order valence-corrected chi connectivity index (χ3v) is 6.86. The molecule has 2 nitrogen and oxygen atoms in total. The van der Waals surface area contributed by atoms with Crippen LogP contribution in [-0.4, -0.2) is 24.5 Å². The fraction of sp³-hybridized carbons (Fsp3) is 0.448. The Kier molecular flexibility index (Phi) is 8.55. The van der Waals surface area contributed by atoms with Crippen molar-refractivity contribution >= 4 is 10.8 Å². The Bertz CT molecular complexity index is 894. The van der Waals surface area contributed by atoms with Gasteiger partial charge in [0.2, 0.25) is 0 Å². The molecule has 1 fully saturated rings. The first-order chi connectivity index (χ1) is 15.4. The average molecular weight is 415 g/mol. The van der Waals surface area contributed by atoms with Crippen LogP contribution in [-0.2, 0) is 13.1 Å². The fourth-order valence-electron chi connectivity index (χ4n) is 5.09. The van der Waals surface area contributed by atoms with E-state index in [1.807, 2.05) is 0 Å².